The monoisotopic (exact) mass is 704 g/mol. The minimum absolute atomic E-state index is 0.0325. The zero-order valence-corrected chi connectivity index (χ0v) is 31.6. The molecule has 0 bridgehead atoms. The number of aryl methyl sites for hydroxylation is 2. The van der Waals surface area contributed by atoms with E-state index in [9.17, 15) is 9.59 Å². The Bertz CT molecular complexity index is 1340. The first-order valence-electron chi connectivity index (χ1n) is 15.8. The van der Waals surface area contributed by atoms with Gasteiger partial charge in [-0.25, -0.2) is 0 Å². The number of hydrogen-bond acceptors (Lipinski definition) is 8. The number of carbonyl (C=O) groups is 2. The van der Waals surface area contributed by atoms with Crippen LogP contribution in [0.15, 0.2) is 21.9 Å². The molecule has 2 saturated heterocycles. The summed E-state index contributed by atoms with van der Waals surface area (Å²) in [6.07, 6.45) is 13.1. The number of amides is 2. The summed E-state index contributed by atoms with van der Waals surface area (Å²) in [4.78, 5) is 36.2. The third kappa shape index (κ3) is 8.53. The molecule has 2 unspecified atom stereocenters. The molecule has 0 saturated carbocycles. The van der Waals surface area contributed by atoms with Crippen molar-refractivity contribution in [1.29, 1.82) is 0 Å². The maximum Gasteiger partial charge on any atom is 0.266 e. The number of thiophene rings is 2. The summed E-state index contributed by atoms with van der Waals surface area (Å²) in [5.41, 5.74) is 2.37. The Morgan fingerprint density at radius 3 is 1.43 bits per heavy atom. The smallest absolute Gasteiger partial charge is 0.266 e. The number of carbonyl (C=O) groups excluding carboxylic acids is 2. The van der Waals surface area contributed by atoms with Gasteiger partial charge < -0.3 is 0 Å². The van der Waals surface area contributed by atoms with Gasteiger partial charge in [-0.3, -0.25) is 19.4 Å². The Kier molecular flexibility index (Phi) is 13.3. The summed E-state index contributed by atoms with van der Waals surface area (Å²) in [5, 5.41) is 0. The quantitative estimate of drug-likeness (QED) is 0.136. The Morgan fingerprint density at radius 2 is 1.09 bits per heavy atom. The van der Waals surface area contributed by atoms with Crippen molar-refractivity contribution in [2.24, 2.45) is 11.8 Å². The zero-order valence-electron chi connectivity index (χ0n) is 26.7. The summed E-state index contributed by atoms with van der Waals surface area (Å²) in [6.45, 7) is 14.5. The molecule has 10 heteroatoms. The molecule has 4 nitrogen and oxygen atoms in total. The summed E-state index contributed by atoms with van der Waals surface area (Å²) in [5.74, 6) is 1.03. The van der Waals surface area contributed by atoms with Gasteiger partial charge in [-0.1, -0.05) is 114 Å². The molecule has 0 spiro atoms. The fourth-order valence-corrected chi connectivity index (χ4v) is 10.7. The minimum Gasteiger partial charge on any atom is -0.293 e. The van der Waals surface area contributed by atoms with Gasteiger partial charge in [-0.05, 0) is 73.9 Å². The normalized spacial score (nSPS) is 19.0. The highest BCUT2D eigenvalue weighted by Gasteiger charge is 2.34. The van der Waals surface area contributed by atoms with Gasteiger partial charge in [-0.2, -0.15) is 0 Å². The lowest BCUT2D eigenvalue weighted by Crippen LogP contribution is -2.33. The van der Waals surface area contributed by atoms with Gasteiger partial charge in [0.25, 0.3) is 11.8 Å². The molecule has 0 radical (unpaired) electrons. The van der Waals surface area contributed by atoms with Crippen molar-refractivity contribution in [3.63, 3.8) is 0 Å². The van der Waals surface area contributed by atoms with Crippen LogP contribution in [0.3, 0.4) is 0 Å². The molecule has 0 N–H and O–H groups in total. The first-order chi connectivity index (χ1) is 21.1. The molecule has 4 rings (SSSR count). The van der Waals surface area contributed by atoms with Crippen molar-refractivity contribution in [2.45, 2.75) is 92.9 Å². The summed E-state index contributed by atoms with van der Waals surface area (Å²) in [6, 6.07) is 4.32. The Balaban J connectivity index is 1.49. The predicted octanol–water partition coefficient (Wildman–Crippen LogP) is 10.9. The molecule has 44 heavy (non-hydrogen) atoms. The standard InChI is InChI=1S/C34H44N2O2S6/c1-7-11-13-23(9-3)19-35-31(37)27(43-33(35)39)17-25-15-21(5)29(41-25)30-22(6)16-26(42-30)18-28-32(38)36(34(40)44-28)20-24(10-4)14-12-8-2/h15-18,23-24H,7-14,19-20H2,1-6H3/b27-17-,28-18-. The molecule has 2 atom stereocenters. The van der Waals surface area contributed by atoms with Gasteiger partial charge in [0.05, 0.1) is 9.81 Å². The molecule has 0 aliphatic carbocycles. The fraction of sp³-hybridized carbons (Fsp3) is 0.529. The summed E-state index contributed by atoms with van der Waals surface area (Å²) < 4.78 is 1.33. The van der Waals surface area contributed by atoms with Crippen LogP contribution in [0, 0.1) is 25.7 Å². The zero-order chi connectivity index (χ0) is 32.0. The van der Waals surface area contributed by atoms with E-state index in [-0.39, 0.29) is 11.8 Å². The van der Waals surface area contributed by atoms with Crippen LogP contribution in [-0.4, -0.2) is 43.3 Å². The minimum atomic E-state index is 0.0325. The molecular formula is C34H44N2O2S6. The van der Waals surface area contributed by atoms with E-state index >= 15 is 0 Å². The van der Waals surface area contributed by atoms with Crippen LogP contribution in [0.25, 0.3) is 21.9 Å². The van der Waals surface area contributed by atoms with E-state index < -0.39 is 0 Å². The molecule has 2 amide bonds. The Morgan fingerprint density at radius 1 is 0.705 bits per heavy atom. The van der Waals surface area contributed by atoms with E-state index in [1.807, 2.05) is 22.0 Å². The van der Waals surface area contributed by atoms with Gasteiger partial charge in [0.2, 0.25) is 0 Å². The van der Waals surface area contributed by atoms with Crippen molar-refractivity contribution in [3.8, 4) is 9.75 Å². The van der Waals surface area contributed by atoms with Gasteiger partial charge in [0.1, 0.15) is 8.64 Å². The number of nitrogens with zero attached hydrogens (tertiary/aromatic N) is 2. The first kappa shape index (κ1) is 35.6. The highest BCUT2D eigenvalue weighted by atomic mass is 32.2. The van der Waals surface area contributed by atoms with Gasteiger partial charge in [-0.15, -0.1) is 22.7 Å². The maximum atomic E-state index is 13.3. The van der Waals surface area contributed by atoms with E-state index in [0.29, 0.717) is 43.4 Å². The van der Waals surface area contributed by atoms with Crippen LogP contribution < -0.4 is 0 Å². The first-order valence-corrected chi connectivity index (χ1v) is 19.9. The highest BCUT2D eigenvalue weighted by molar-refractivity contribution is 8.27. The van der Waals surface area contributed by atoms with E-state index in [2.05, 4.69) is 53.7 Å². The molecule has 4 heterocycles. The topological polar surface area (TPSA) is 40.6 Å². The summed E-state index contributed by atoms with van der Waals surface area (Å²) >= 11 is 17.5. The van der Waals surface area contributed by atoms with Crippen LogP contribution in [0.1, 0.15) is 99.9 Å². The average Bonchev–Trinajstić information content (AvgIpc) is 3.69. The third-order valence-electron chi connectivity index (χ3n) is 8.34. The van der Waals surface area contributed by atoms with E-state index in [0.717, 1.165) is 35.4 Å². The van der Waals surface area contributed by atoms with Crippen molar-refractivity contribution < 1.29 is 9.59 Å². The number of hydrogen-bond donors (Lipinski definition) is 0. The molecule has 2 aromatic heterocycles. The van der Waals surface area contributed by atoms with Crippen LogP contribution in [0.4, 0.5) is 0 Å². The molecule has 2 aromatic rings. The lowest BCUT2D eigenvalue weighted by atomic mass is 9.99. The number of rotatable bonds is 15. The van der Waals surface area contributed by atoms with E-state index in [4.69, 9.17) is 24.4 Å². The average molecular weight is 705 g/mol. The maximum absolute atomic E-state index is 13.3. The molecule has 2 aliphatic heterocycles. The second-order valence-corrected chi connectivity index (χ2v) is 17.3. The second-order valence-electron chi connectivity index (χ2n) is 11.7. The second kappa shape index (κ2) is 16.5. The van der Waals surface area contributed by atoms with Crippen LogP contribution in [-0.2, 0) is 9.59 Å². The van der Waals surface area contributed by atoms with E-state index in [1.165, 1.54) is 70.1 Å². The van der Waals surface area contributed by atoms with Gasteiger partial charge in [0.15, 0.2) is 0 Å². The van der Waals surface area contributed by atoms with Gasteiger partial charge in [0, 0.05) is 32.6 Å². The SMILES string of the molecule is CCCCC(CC)CN1C(=O)/C(=C/c2cc(C)c(-c3sc(/C=C4\SC(=S)N(CC(CC)CCCC)C4=O)cc3C)s2)SC1=S. The predicted molar refractivity (Wildman–Crippen MR) is 203 cm³/mol. The Hall–Kier alpha value is -1.30. The van der Waals surface area contributed by atoms with Crippen LogP contribution >= 0.6 is 70.6 Å². The summed E-state index contributed by atoms with van der Waals surface area (Å²) in [7, 11) is 0. The Labute approximate surface area is 291 Å². The van der Waals surface area contributed by atoms with Crippen LogP contribution in [0.2, 0.25) is 0 Å². The van der Waals surface area contributed by atoms with Crippen molar-refractivity contribution >= 4 is 103 Å². The van der Waals surface area contributed by atoms with Crippen LogP contribution in [0.5, 0.6) is 0 Å². The fourth-order valence-electron chi connectivity index (χ4n) is 5.53. The van der Waals surface area contributed by atoms with Gasteiger partial charge >= 0.3 is 0 Å². The molecule has 0 aromatic carbocycles. The lowest BCUT2D eigenvalue weighted by Gasteiger charge is -2.21. The largest absolute Gasteiger partial charge is 0.293 e. The number of unbranched alkanes of at least 4 members (excludes halogenated alkanes) is 2. The molecule has 238 valence electrons. The lowest BCUT2D eigenvalue weighted by molar-refractivity contribution is -0.123. The van der Waals surface area contributed by atoms with Crippen molar-refractivity contribution in [3.05, 3.63) is 42.8 Å². The number of thioether (sulfide) groups is 2. The van der Waals surface area contributed by atoms with Crippen molar-refractivity contribution in [2.75, 3.05) is 13.1 Å². The third-order valence-corrected chi connectivity index (χ3v) is 13.6. The highest BCUT2D eigenvalue weighted by Crippen LogP contribution is 2.43. The van der Waals surface area contributed by atoms with Crippen molar-refractivity contribution in [1.82, 2.24) is 9.80 Å². The molecule has 2 fully saturated rings. The number of thiocarbonyl (C=S) groups is 2. The molecular weight excluding hydrogens is 661 g/mol. The molecule has 2 aliphatic rings. The van der Waals surface area contributed by atoms with E-state index in [1.54, 1.807) is 22.7 Å².